The summed E-state index contributed by atoms with van der Waals surface area (Å²) in [4.78, 5) is 27.0. The number of benzene rings is 3. The van der Waals surface area contributed by atoms with Crippen molar-refractivity contribution in [3.8, 4) is 16.9 Å². The summed E-state index contributed by atoms with van der Waals surface area (Å²) in [5.74, 6) is -2.78. The summed E-state index contributed by atoms with van der Waals surface area (Å²) in [5, 5.41) is 0. The third-order valence-electron chi connectivity index (χ3n) is 6.09. The molecule has 0 fully saturated rings. The van der Waals surface area contributed by atoms with E-state index in [0.29, 0.717) is 22.5 Å². The molecule has 8 nitrogen and oxygen atoms in total. The van der Waals surface area contributed by atoms with Gasteiger partial charge in [0.05, 0.1) is 21.7 Å². The number of carbonyl (C=O) groups is 2. The van der Waals surface area contributed by atoms with Crippen molar-refractivity contribution in [1.29, 1.82) is 0 Å². The molecule has 15 heteroatoms. The number of amides is 2. The average molecular weight is 602 g/mol. The molecule has 0 N–H and O–H groups in total. The average Bonchev–Trinajstić information content (AvgIpc) is 2.88. The third-order valence-corrected chi connectivity index (χ3v) is 7.83. The lowest BCUT2D eigenvalue weighted by Crippen LogP contribution is -2.51. The number of anilines is 1. The molecule has 0 aromatic heterocycles. The zero-order valence-corrected chi connectivity index (χ0v) is 22.1. The van der Waals surface area contributed by atoms with Crippen LogP contribution in [0, 0.1) is 5.82 Å². The molecule has 0 unspecified atom stereocenters. The van der Waals surface area contributed by atoms with Gasteiger partial charge in [-0.15, -0.1) is 0 Å². The van der Waals surface area contributed by atoms with E-state index in [1.807, 2.05) is 0 Å². The van der Waals surface area contributed by atoms with Crippen molar-refractivity contribution in [2.75, 3.05) is 31.6 Å². The van der Waals surface area contributed by atoms with E-state index in [9.17, 15) is 44.3 Å². The summed E-state index contributed by atoms with van der Waals surface area (Å²) in [6.45, 7) is -4.54. The molecule has 0 spiro atoms. The summed E-state index contributed by atoms with van der Waals surface area (Å²) in [7, 11) is -1.95. The molecular weight excluding hydrogens is 580 g/mol. The predicted octanol–water partition coefficient (Wildman–Crippen LogP) is 4.81. The van der Waals surface area contributed by atoms with Gasteiger partial charge in [-0.05, 0) is 53.6 Å². The van der Waals surface area contributed by atoms with Gasteiger partial charge in [0.15, 0.2) is 0 Å². The van der Waals surface area contributed by atoms with Crippen LogP contribution in [-0.2, 0) is 21.0 Å². The minimum atomic E-state index is -4.85. The van der Waals surface area contributed by atoms with E-state index in [0.717, 1.165) is 35.2 Å². The van der Waals surface area contributed by atoms with Gasteiger partial charge in [0.1, 0.15) is 24.8 Å². The largest absolute Gasteiger partial charge is 0.435 e. The van der Waals surface area contributed by atoms with Crippen LogP contribution in [0.15, 0.2) is 65.6 Å². The summed E-state index contributed by atoms with van der Waals surface area (Å²) in [5.41, 5.74) is -1.66. The van der Waals surface area contributed by atoms with Crippen LogP contribution in [-0.4, -0.2) is 64.0 Å². The lowest BCUT2D eigenvalue weighted by Gasteiger charge is -2.37. The van der Waals surface area contributed by atoms with Gasteiger partial charge in [-0.3, -0.25) is 9.59 Å². The number of alkyl halides is 5. The quantitative estimate of drug-likeness (QED) is 0.363. The highest BCUT2D eigenvalue weighted by Gasteiger charge is 2.39. The molecule has 3 aromatic rings. The Morgan fingerprint density at radius 1 is 1.02 bits per heavy atom. The normalized spacial score (nSPS) is 13.8. The van der Waals surface area contributed by atoms with E-state index >= 15 is 0 Å². The Bertz CT molecular complexity index is 1610. The molecule has 3 aromatic carbocycles. The molecule has 4 rings (SSSR count). The Kier molecular flexibility index (Phi) is 7.94. The number of hydrogen-bond donors (Lipinski definition) is 0. The Labute approximate surface area is 230 Å². The van der Waals surface area contributed by atoms with Crippen LogP contribution < -0.4 is 9.04 Å². The van der Waals surface area contributed by atoms with E-state index in [-0.39, 0.29) is 22.4 Å². The molecule has 218 valence electrons. The highest BCUT2D eigenvalue weighted by molar-refractivity contribution is 7.92. The summed E-state index contributed by atoms with van der Waals surface area (Å²) in [6, 6.07) is 9.35. The molecule has 0 atom stereocenters. The van der Waals surface area contributed by atoms with Crippen LogP contribution in [0.2, 0.25) is 0 Å². The Morgan fingerprint density at radius 3 is 2.37 bits per heavy atom. The topological polar surface area (TPSA) is 87.2 Å². The molecular formula is C26H21F6N3O5S. The van der Waals surface area contributed by atoms with Crippen LogP contribution in [0.4, 0.5) is 32.0 Å². The van der Waals surface area contributed by atoms with E-state index in [1.54, 1.807) is 0 Å². The maximum absolute atomic E-state index is 14.2. The SMILES string of the molecule is CN(C)C(=O)CN1CN(S(=O)(=O)c2cccc(C(F)(F)F)c2)c2cc(-c3cc(F)cc(OC(F)F)c3)ccc2C1=O. The molecule has 0 saturated heterocycles. The number of likely N-dealkylation sites (N-methyl/N-ethyl adjacent to an activating group) is 1. The van der Waals surface area contributed by atoms with Crippen LogP contribution >= 0.6 is 0 Å². The highest BCUT2D eigenvalue weighted by atomic mass is 32.2. The molecule has 0 bridgehead atoms. The number of nitrogens with zero attached hydrogens (tertiary/aromatic N) is 3. The fraction of sp³-hybridized carbons (Fsp3) is 0.231. The van der Waals surface area contributed by atoms with Crippen molar-refractivity contribution in [3.63, 3.8) is 0 Å². The van der Waals surface area contributed by atoms with Crippen LogP contribution in [0.3, 0.4) is 0 Å². The summed E-state index contributed by atoms with van der Waals surface area (Å²) >= 11 is 0. The van der Waals surface area contributed by atoms with E-state index in [4.69, 9.17) is 0 Å². The minimum absolute atomic E-state index is 0.0162. The van der Waals surface area contributed by atoms with E-state index in [1.165, 1.54) is 31.1 Å². The number of sulfonamides is 1. The maximum Gasteiger partial charge on any atom is 0.416 e. The number of fused-ring (bicyclic) bond motifs is 1. The van der Waals surface area contributed by atoms with Crippen LogP contribution in [0.1, 0.15) is 15.9 Å². The second kappa shape index (κ2) is 11.0. The molecule has 41 heavy (non-hydrogen) atoms. The summed E-state index contributed by atoms with van der Waals surface area (Å²) in [6.07, 6.45) is -4.85. The van der Waals surface area contributed by atoms with E-state index < -0.39 is 69.9 Å². The van der Waals surface area contributed by atoms with Gasteiger partial charge >= 0.3 is 12.8 Å². The first-order valence-corrected chi connectivity index (χ1v) is 13.1. The lowest BCUT2D eigenvalue weighted by atomic mass is 10.0. The predicted molar refractivity (Wildman–Crippen MR) is 134 cm³/mol. The number of rotatable bonds is 7. The second-order valence-electron chi connectivity index (χ2n) is 9.10. The second-order valence-corrected chi connectivity index (χ2v) is 11.0. The zero-order valence-electron chi connectivity index (χ0n) is 21.3. The van der Waals surface area contributed by atoms with Gasteiger partial charge in [0.2, 0.25) is 5.91 Å². The first kappa shape index (κ1) is 29.7. The molecule has 1 aliphatic heterocycles. The number of ether oxygens (including phenoxy) is 1. The number of carbonyl (C=O) groups excluding carboxylic acids is 2. The van der Waals surface area contributed by atoms with Gasteiger partial charge < -0.3 is 14.5 Å². The molecule has 2 amide bonds. The molecule has 0 radical (unpaired) electrons. The first-order chi connectivity index (χ1) is 19.1. The maximum atomic E-state index is 14.2. The van der Waals surface area contributed by atoms with Crippen molar-refractivity contribution in [2.45, 2.75) is 17.7 Å². The number of halogens is 6. The first-order valence-electron chi connectivity index (χ1n) is 11.7. The summed E-state index contributed by atoms with van der Waals surface area (Å²) < 4.78 is 112. The van der Waals surface area contributed by atoms with Crippen molar-refractivity contribution < 1.29 is 49.1 Å². The lowest BCUT2D eigenvalue weighted by molar-refractivity contribution is -0.137. The number of hydrogen-bond acceptors (Lipinski definition) is 5. The molecule has 0 saturated carbocycles. The van der Waals surface area contributed by atoms with Gasteiger partial charge in [-0.25, -0.2) is 17.1 Å². The Morgan fingerprint density at radius 2 is 1.73 bits per heavy atom. The fourth-order valence-corrected chi connectivity index (χ4v) is 5.54. The minimum Gasteiger partial charge on any atom is -0.435 e. The van der Waals surface area contributed by atoms with Gasteiger partial charge in [-0.2, -0.15) is 22.0 Å². The molecule has 1 aliphatic rings. The highest BCUT2D eigenvalue weighted by Crippen LogP contribution is 2.38. The van der Waals surface area contributed by atoms with Crippen LogP contribution in [0.5, 0.6) is 5.75 Å². The standard InChI is InChI=1S/C26H21F6N3O5S/c1-33(2)23(36)13-34-14-35(41(38,39)20-5-3-4-17(11-20)26(30,31)32)22-10-15(6-7-21(22)24(34)37)16-8-18(27)12-19(9-16)40-25(28)29/h3-12,25H,13-14H2,1-2H3. The van der Waals surface area contributed by atoms with Crippen molar-refractivity contribution in [1.82, 2.24) is 9.80 Å². The van der Waals surface area contributed by atoms with Gasteiger partial charge in [0, 0.05) is 20.2 Å². The van der Waals surface area contributed by atoms with Gasteiger partial charge in [0.25, 0.3) is 15.9 Å². The Hall–Kier alpha value is -4.27. The smallest absolute Gasteiger partial charge is 0.416 e. The van der Waals surface area contributed by atoms with Crippen molar-refractivity contribution in [3.05, 3.63) is 77.6 Å². The monoisotopic (exact) mass is 601 g/mol. The third kappa shape index (κ3) is 6.24. The van der Waals surface area contributed by atoms with Gasteiger partial charge in [-0.1, -0.05) is 12.1 Å². The van der Waals surface area contributed by atoms with Crippen molar-refractivity contribution in [2.24, 2.45) is 0 Å². The molecule has 1 heterocycles. The molecule has 0 aliphatic carbocycles. The fourth-order valence-electron chi connectivity index (χ4n) is 4.06. The Balaban J connectivity index is 1.87. The van der Waals surface area contributed by atoms with Crippen molar-refractivity contribution >= 4 is 27.5 Å². The van der Waals surface area contributed by atoms with Crippen LogP contribution in [0.25, 0.3) is 11.1 Å². The van der Waals surface area contributed by atoms with E-state index in [2.05, 4.69) is 4.74 Å². The zero-order chi connectivity index (χ0) is 30.3.